The van der Waals surface area contributed by atoms with Crippen molar-refractivity contribution in [2.24, 2.45) is 0 Å². The Morgan fingerprint density at radius 2 is 2.25 bits per heavy atom. The summed E-state index contributed by atoms with van der Waals surface area (Å²) in [6.45, 7) is 5.11. The number of hydrogen-bond donors (Lipinski definition) is 1. The fourth-order valence-electron chi connectivity index (χ4n) is 1.86. The van der Waals surface area contributed by atoms with Crippen molar-refractivity contribution in [1.29, 1.82) is 0 Å². The predicted molar refractivity (Wildman–Crippen MR) is 82.9 cm³/mol. The summed E-state index contributed by atoms with van der Waals surface area (Å²) in [5.74, 6) is 1.90. The van der Waals surface area contributed by atoms with Crippen LogP contribution in [0.25, 0.3) is 0 Å². The fourth-order valence-corrected chi connectivity index (χ4v) is 2.69. The number of nitrogen functional groups attached to an aromatic ring is 1. The van der Waals surface area contributed by atoms with Crippen molar-refractivity contribution in [3.05, 3.63) is 34.3 Å². The molecule has 20 heavy (non-hydrogen) atoms. The highest BCUT2D eigenvalue weighted by Crippen LogP contribution is 2.27. The predicted octanol–water partition coefficient (Wildman–Crippen LogP) is 2.85. The minimum absolute atomic E-state index is 0.240. The smallest absolute Gasteiger partial charge is 0.158 e. The molecule has 1 unspecified atom stereocenters. The van der Waals surface area contributed by atoms with E-state index in [9.17, 15) is 0 Å². The van der Waals surface area contributed by atoms with Crippen LogP contribution in [0.3, 0.4) is 0 Å². The van der Waals surface area contributed by atoms with Gasteiger partial charge in [-0.25, -0.2) is 9.97 Å². The summed E-state index contributed by atoms with van der Waals surface area (Å²) < 4.78 is 5.34. The molecular weight excluding hydrogens is 272 g/mol. The summed E-state index contributed by atoms with van der Waals surface area (Å²) in [5.41, 5.74) is 5.86. The molecule has 0 aliphatic carbocycles. The number of rotatable bonds is 6. The maximum atomic E-state index is 5.86. The fraction of sp³-hybridized carbons (Fsp3) is 0.429. The van der Waals surface area contributed by atoms with Crippen LogP contribution >= 0.6 is 11.3 Å². The summed E-state index contributed by atoms with van der Waals surface area (Å²) in [4.78, 5) is 12.1. The van der Waals surface area contributed by atoms with Crippen LogP contribution in [0, 0.1) is 0 Å². The van der Waals surface area contributed by atoms with Crippen molar-refractivity contribution in [3.63, 3.8) is 0 Å². The van der Waals surface area contributed by atoms with Crippen molar-refractivity contribution in [1.82, 2.24) is 9.97 Å². The topological polar surface area (TPSA) is 64.3 Å². The first kappa shape index (κ1) is 14.7. The van der Waals surface area contributed by atoms with Gasteiger partial charge in [0.1, 0.15) is 18.2 Å². The number of ether oxygens (including phenoxy) is 1. The zero-order chi connectivity index (χ0) is 14.5. The maximum absolute atomic E-state index is 5.86. The molecule has 0 radical (unpaired) electrons. The third kappa shape index (κ3) is 3.46. The Morgan fingerprint density at radius 3 is 2.90 bits per heavy atom. The molecule has 108 valence electrons. The highest BCUT2D eigenvalue weighted by atomic mass is 32.1. The van der Waals surface area contributed by atoms with E-state index in [1.165, 1.54) is 4.88 Å². The Labute approximate surface area is 123 Å². The zero-order valence-corrected chi connectivity index (χ0v) is 12.9. The molecule has 2 heterocycles. The van der Waals surface area contributed by atoms with Crippen LogP contribution in [0.1, 0.15) is 30.6 Å². The van der Waals surface area contributed by atoms with Gasteiger partial charge in [0.2, 0.25) is 0 Å². The van der Waals surface area contributed by atoms with Crippen molar-refractivity contribution in [2.75, 3.05) is 24.3 Å². The van der Waals surface area contributed by atoms with E-state index >= 15 is 0 Å². The van der Waals surface area contributed by atoms with Gasteiger partial charge in [0, 0.05) is 24.6 Å². The number of nitrogens with two attached hydrogens (primary N) is 1. The molecule has 6 heteroatoms. The highest BCUT2D eigenvalue weighted by Gasteiger charge is 2.15. The second-order valence-corrected chi connectivity index (χ2v) is 5.49. The van der Waals surface area contributed by atoms with Gasteiger partial charge in [-0.2, -0.15) is 0 Å². The van der Waals surface area contributed by atoms with Crippen LogP contribution in [-0.2, 0) is 11.3 Å². The van der Waals surface area contributed by atoms with E-state index in [1.54, 1.807) is 17.4 Å². The first-order valence-electron chi connectivity index (χ1n) is 6.59. The molecule has 5 nitrogen and oxygen atoms in total. The molecule has 2 aromatic rings. The number of aromatic nitrogens is 2. The Hall–Kier alpha value is -1.66. The third-order valence-corrected chi connectivity index (χ3v) is 4.15. The second-order valence-electron chi connectivity index (χ2n) is 4.51. The molecule has 0 fully saturated rings. The largest absolute Gasteiger partial charge is 0.384 e. The monoisotopic (exact) mass is 292 g/mol. The molecule has 0 saturated heterocycles. The molecule has 0 aromatic carbocycles. The highest BCUT2D eigenvalue weighted by molar-refractivity contribution is 7.10. The Kier molecular flexibility index (Phi) is 4.92. The lowest BCUT2D eigenvalue weighted by Gasteiger charge is -2.25. The van der Waals surface area contributed by atoms with Crippen LogP contribution in [0.5, 0.6) is 0 Å². The van der Waals surface area contributed by atoms with Crippen molar-refractivity contribution in [3.8, 4) is 0 Å². The van der Waals surface area contributed by atoms with Gasteiger partial charge in [0.05, 0.1) is 6.04 Å². The molecule has 2 rings (SSSR count). The number of thiophene rings is 1. The van der Waals surface area contributed by atoms with E-state index in [0.717, 1.165) is 5.82 Å². The lowest BCUT2D eigenvalue weighted by atomic mass is 10.2. The minimum atomic E-state index is 0.240. The molecule has 0 aliphatic rings. The lowest BCUT2D eigenvalue weighted by Crippen LogP contribution is -2.23. The molecule has 1 atom stereocenters. The molecule has 0 bridgehead atoms. The van der Waals surface area contributed by atoms with Gasteiger partial charge in [-0.3, -0.25) is 0 Å². The number of anilines is 2. The minimum Gasteiger partial charge on any atom is -0.384 e. The molecule has 2 N–H and O–H groups in total. The van der Waals surface area contributed by atoms with Crippen molar-refractivity contribution < 1.29 is 4.74 Å². The van der Waals surface area contributed by atoms with Crippen molar-refractivity contribution in [2.45, 2.75) is 26.5 Å². The summed E-state index contributed by atoms with van der Waals surface area (Å²) >= 11 is 1.74. The van der Waals surface area contributed by atoms with Crippen LogP contribution in [0.15, 0.2) is 23.6 Å². The quantitative estimate of drug-likeness (QED) is 0.887. The molecule has 0 spiro atoms. The summed E-state index contributed by atoms with van der Waals surface area (Å²) in [5, 5.41) is 2.08. The van der Waals surface area contributed by atoms with E-state index in [-0.39, 0.29) is 6.04 Å². The normalized spacial score (nSPS) is 12.3. The average molecular weight is 292 g/mol. The van der Waals surface area contributed by atoms with E-state index in [1.807, 2.05) is 14.0 Å². The van der Waals surface area contributed by atoms with E-state index in [2.05, 4.69) is 39.3 Å². The van der Waals surface area contributed by atoms with Gasteiger partial charge in [-0.05, 0) is 25.3 Å². The summed E-state index contributed by atoms with van der Waals surface area (Å²) in [6.07, 6.45) is 0. The Balaban J connectivity index is 2.20. The molecule has 0 saturated carbocycles. The third-order valence-electron chi connectivity index (χ3n) is 3.11. The van der Waals surface area contributed by atoms with E-state index < -0.39 is 0 Å². The average Bonchev–Trinajstić information content (AvgIpc) is 2.97. The summed E-state index contributed by atoms with van der Waals surface area (Å²) in [7, 11) is 2.01. The number of hydrogen-bond acceptors (Lipinski definition) is 6. The molecular formula is C14H20N4OS. The summed E-state index contributed by atoms with van der Waals surface area (Å²) in [6, 6.07) is 6.21. The SMILES string of the molecule is CCOCc1nc(N)cc(N(C)C(C)c2cccs2)n1. The number of nitrogens with zero attached hydrogens (tertiary/aromatic N) is 3. The van der Waals surface area contributed by atoms with E-state index in [4.69, 9.17) is 10.5 Å². The zero-order valence-electron chi connectivity index (χ0n) is 12.0. The van der Waals surface area contributed by atoms with Crippen molar-refractivity contribution >= 4 is 23.0 Å². The second kappa shape index (κ2) is 6.67. The Bertz CT molecular complexity index is 544. The van der Waals surface area contributed by atoms with Gasteiger partial charge < -0.3 is 15.4 Å². The van der Waals surface area contributed by atoms with Crippen LogP contribution in [0.4, 0.5) is 11.6 Å². The van der Waals surface area contributed by atoms with Gasteiger partial charge in [-0.15, -0.1) is 11.3 Å². The van der Waals surface area contributed by atoms with Gasteiger partial charge in [0.25, 0.3) is 0 Å². The van der Waals surface area contributed by atoms with Gasteiger partial charge in [0.15, 0.2) is 5.82 Å². The molecule has 0 aliphatic heterocycles. The van der Waals surface area contributed by atoms with Gasteiger partial charge >= 0.3 is 0 Å². The Morgan fingerprint density at radius 1 is 1.45 bits per heavy atom. The standard InChI is InChI=1S/C14H20N4OS/c1-4-19-9-13-16-12(15)8-14(17-13)18(3)10(2)11-6-5-7-20-11/h5-8,10H,4,9H2,1-3H3,(H2,15,16,17). The maximum Gasteiger partial charge on any atom is 0.158 e. The first-order chi connectivity index (χ1) is 9.61. The van der Waals surface area contributed by atoms with Gasteiger partial charge in [-0.1, -0.05) is 6.07 Å². The molecule has 0 amide bonds. The molecule has 2 aromatic heterocycles. The van der Waals surface area contributed by atoms with E-state index in [0.29, 0.717) is 24.9 Å². The first-order valence-corrected chi connectivity index (χ1v) is 7.47. The van der Waals surface area contributed by atoms with Crippen LogP contribution < -0.4 is 10.6 Å². The van der Waals surface area contributed by atoms with Crippen LogP contribution in [0.2, 0.25) is 0 Å². The lowest BCUT2D eigenvalue weighted by molar-refractivity contribution is 0.128. The van der Waals surface area contributed by atoms with Crippen LogP contribution in [-0.4, -0.2) is 23.6 Å².